The lowest BCUT2D eigenvalue weighted by atomic mass is 10.0. The van der Waals surface area contributed by atoms with E-state index < -0.39 is 0 Å². The van der Waals surface area contributed by atoms with Gasteiger partial charge in [-0.1, -0.05) is 15.9 Å². The average Bonchev–Trinajstić information content (AvgIpc) is 2.34. The molecule has 1 aromatic carbocycles. The van der Waals surface area contributed by atoms with Gasteiger partial charge in [-0.2, -0.15) is 0 Å². The molecule has 0 radical (unpaired) electrons. The first kappa shape index (κ1) is 16.8. The summed E-state index contributed by atoms with van der Waals surface area (Å²) in [6.07, 6.45) is 0. The van der Waals surface area contributed by atoms with Gasteiger partial charge >= 0.3 is 0 Å². The zero-order valence-electron chi connectivity index (χ0n) is 13.8. The third kappa shape index (κ3) is 4.97. The Balaban J connectivity index is 2.22. The molecule has 3 nitrogen and oxygen atoms in total. The van der Waals surface area contributed by atoms with Crippen LogP contribution in [0.15, 0.2) is 22.7 Å². The van der Waals surface area contributed by atoms with Gasteiger partial charge in [-0.3, -0.25) is 0 Å². The van der Waals surface area contributed by atoms with Crippen LogP contribution >= 0.6 is 15.9 Å². The molecule has 1 aliphatic heterocycles. The van der Waals surface area contributed by atoms with Crippen molar-refractivity contribution in [3.63, 3.8) is 0 Å². The fourth-order valence-corrected chi connectivity index (χ4v) is 3.00. The minimum atomic E-state index is -0.0833. The lowest BCUT2D eigenvalue weighted by molar-refractivity contribution is -0.0277. The van der Waals surface area contributed by atoms with E-state index in [9.17, 15) is 0 Å². The quantitative estimate of drug-likeness (QED) is 0.889. The first-order valence-electron chi connectivity index (χ1n) is 7.59. The van der Waals surface area contributed by atoms with Crippen molar-refractivity contribution in [2.75, 3.05) is 24.6 Å². The summed E-state index contributed by atoms with van der Waals surface area (Å²) in [5.74, 6) is 0. The van der Waals surface area contributed by atoms with Crippen molar-refractivity contribution in [3.05, 3.63) is 28.2 Å². The molecule has 0 aromatic heterocycles. The molecule has 1 saturated heterocycles. The molecule has 0 atom stereocenters. The summed E-state index contributed by atoms with van der Waals surface area (Å²) in [5.41, 5.74) is 2.67. The van der Waals surface area contributed by atoms with Crippen molar-refractivity contribution in [2.24, 2.45) is 0 Å². The van der Waals surface area contributed by atoms with Gasteiger partial charge < -0.3 is 15.0 Å². The van der Waals surface area contributed by atoms with Crippen molar-refractivity contribution in [1.82, 2.24) is 5.32 Å². The Labute approximate surface area is 137 Å². The summed E-state index contributed by atoms with van der Waals surface area (Å²) in [6, 6.07) is 6.56. The molecule has 1 aromatic rings. The molecule has 2 rings (SSSR count). The van der Waals surface area contributed by atoms with E-state index in [0.717, 1.165) is 30.7 Å². The molecular weight excluding hydrogens is 328 g/mol. The van der Waals surface area contributed by atoms with Crippen molar-refractivity contribution in [1.29, 1.82) is 0 Å². The van der Waals surface area contributed by atoms with E-state index in [1.807, 2.05) is 0 Å². The van der Waals surface area contributed by atoms with Crippen LogP contribution in [0.25, 0.3) is 0 Å². The highest BCUT2D eigenvalue weighted by molar-refractivity contribution is 9.10. The largest absolute Gasteiger partial charge is 0.372 e. The fraction of sp³-hybridized carbons (Fsp3) is 0.647. The molecule has 118 valence electrons. The van der Waals surface area contributed by atoms with Crippen LogP contribution in [0.2, 0.25) is 0 Å². The van der Waals surface area contributed by atoms with E-state index in [2.05, 4.69) is 79.0 Å². The average molecular weight is 355 g/mol. The maximum Gasteiger partial charge on any atom is 0.0801 e. The molecule has 1 fully saturated rings. The molecule has 0 bridgehead atoms. The van der Waals surface area contributed by atoms with Gasteiger partial charge in [0.2, 0.25) is 0 Å². The number of rotatable bonds is 3. The minimum Gasteiger partial charge on any atom is -0.372 e. The maximum atomic E-state index is 5.83. The molecule has 0 unspecified atom stereocenters. The monoisotopic (exact) mass is 354 g/mol. The lowest BCUT2D eigenvalue weighted by Crippen LogP contribution is -2.48. The predicted molar refractivity (Wildman–Crippen MR) is 93.0 cm³/mol. The van der Waals surface area contributed by atoms with Crippen LogP contribution in [0.1, 0.15) is 40.2 Å². The van der Waals surface area contributed by atoms with Gasteiger partial charge in [0.05, 0.1) is 12.2 Å². The zero-order chi connectivity index (χ0) is 15.7. The van der Waals surface area contributed by atoms with Crippen LogP contribution in [0.4, 0.5) is 5.69 Å². The van der Waals surface area contributed by atoms with Crippen LogP contribution in [0, 0.1) is 0 Å². The normalized spacial score (nSPS) is 18.9. The van der Waals surface area contributed by atoms with Crippen LogP contribution in [-0.4, -0.2) is 30.8 Å². The Bertz CT molecular complexity index is 494. The molecule has 1 N–H and O–H groups in total. The molecule has 1 aliphatic rings. The second-order valence-corrected chi connectivity index (χ2v) is 8.32. The van der Waals surface area contributed by atoms with Crippen molar-refractivity contribution >= 4 is 21.6 Å². The molecule has 21 heavy (non-hydrogen) atoms. The molecule has 0 saturated carbocycles. The number of hydrogen-bond acceptors (Lipinski definition) is 3. The third-order valence-electron chi connectivity index (χ3n) is 3.62. The van der Waals surface area contributed by atoms with E-state index in [1.54, 1.807) is 0 Å². The molecule has 0 amide bonds. The summed E-state index contributed by atoms with van der Waals surface area (Å²) < 4.78 is 6.96. The highest BCUT2D eigenvalue weighted by Gasteiger charge is 2.28. The zero-order valence-corrected chi connectivity index (χ0v) is 15.4. The number of morpholine rings is 1. The number of benzene rings is 1. The predicted octanol–water partition coefficient (Wildman–Crippen LogP) is 3.95. The van der Waals surface area contributed by atoms with Gasteiger partial charge in [0.25, 0.3) is 0 Å². The Morgan fingerprint density at radius 1 is 1.33 bits per heavy atom. The fourth-order valence-electron chi connectivity index (χ4n) is 2.59. The first-order chi connectivity index (χ1) is 9.66. The van der Waals surface area contributed by atoms with Crippen molar-refractivity contribution in [3.8, 4) is 0 Å². The molecule has 1 heterocycles. The first-order valence-corrected chi connectivity index (χ1v) is 8.38. The van der Waals surface area contributed by atoms with Gasteiger partial charge in [-0.25, -0.2) is 0 Å². The van der Waals surface area contributed by atoms with Gasteiger partial charge in [-0.05, 0) is 58.4 Å². The lowest BCUT2D eigenvalue weighted by Gasteiger charge is -2.40. The third-order valence-corrected chi connectivity index (χ3v) is 4.11. The number of hydrogen-bond donors (Lipinski definition) is 1. The number of halogens is 1. The van der Waals surface area contributed by atoms with E-state index in [4.69, 9.17) is 4.74 Å². The van der Waals surface area contributed by atoms with Gasteiger partial charge in [0, 0.05) is 35.3 Å². The van der Waals surface area contributed by atoms with Crippen molar-refractivity contribution < 1.29 is 4.74 Å². The highest BCUT2D eigenvalue weighted by atomic mass is 79.9. The molecule has 0 spiro atoms. The summed E-state index contributed by atoms with van der Waals surface area (Å²) >= 11 is 3.59. The second kappa shape index (κ2) is 6.27. The van der Waals surface area contributed by atoms with Crippen LogP contribution in [-0.2, 0) is 11.3 Å². The number of anilines is 1. The van der Waals surface area contributed by atoms with E-state index in [-0.39, 0.29) is 11.1 Å². The van der Waals surface area contributed by atoms with Crippen molar-refractivity contribution in [2.45, 2.75) is 52.3 Å². The minimum absolute atomic E-state index is 0.0833. The Morgan fingerprint density at radius 2 is 2.05 bits per heavy atom. The maximum absolute atomic E-state index is 5.83. The summed E-state index contributed by atoms with van der Waals surface area (Å²) in [4.78, 5) is 2.44. The standard InChI is InChI=1S/C17H27BrN2O/c1-16(2,3)19-11-13-10-14(18)6-7-15(13)20-8-9-21-17(4,5)12-20/h6-7,10,19H,8-9,11-12H2,1-5H3. The Kier molecular flexibility index (Phi) is 5.01. The smallest absolute Gasteiger partial charge is 0.0801 e. The molecule has 4 heteroatoms. The van der Waals surface area contributed by atoms with Crippen LogP contribution in [0.5, 0.6) is 0 Å². The number of ether oxygens (including phenoxy) is 1. The summed E-state index contributed by atoms with van der Waals surface area (Å²) in [5, 5.41) is 3.59. The highest BCUT2D eigenvalue weighted by Crippen LogP contribution is 2.29. The summed E-state index contributed by atoms with van der Waals surface area (Å²) in [6.45, 7) is 14.4. The Morgan fingerprint density at radius 3 is 2.67 bits per heavy atom. The number of nitrogens with zero attached hydrogens (tertiary/aromatic N) is 1. The summed E-state index contributed by atoms with van der Waals surface area (Å²) in [7, 11) is 0. The molecule has 0 aliphatic carbocycles. The van der Waals surface area contributed by atoms with Gasteiger partial charge in [-0.15, -0.1) is 0 Å². The van der Waals surface area contributed by atoms with Crippen LogP contribution in [0.3, 0.4) is 0 Å². The van der Waals surface area contributed by atoms with Gasteiger partial charge in [0.1, 0.15) is 0 Å². The Hall–Kier alpha value is -0.580. The number of nitrogens with one attached hydrogen (secondary N) is 1. The second-order valence-electron chi connectivity index (χ2n) is 7.41. The van der Waals surface area contributed by atoms with E-state index in [1.165, 1.54) is 11.3 Å². The van der Waals surface area contributed by atoms with E-state index >= 15 is 0 Å². The van der Waals surface area contributed by atoms with E-state index in [0.29, 0.717) is 0 Å². The SMILES string of the molecule is CC(C)(C)NCc1cc(Br)ccc1N1CCOC(C)(C)C1. The van der Waals surface area contributed by atoms with Crippen LogP contribution < -0.4 is 10.2 Å². The molecular formula is C17H27BrN2O. The topological polar surface area (TPSA) is 24.5 Å². The van der Waals surface area contributed by atoms with Gasteiger partial charge in [0.15, 0.2) is 0 Å².